The van der Waals surface area contributed by atoms with Crippen molar-refractivity contribution in [3.8, 4) is 0 Å². The minimum atomic E-state index is 0.999. The number of H-pyrrole nitrogens is 1. The maximum Gasteiger partial charge on any atom is 0.0824 e. The smallest absolute Gasteiger partial charge is 0.0824 e. The zero-order chi connectivity index (χ0) is 7.40. The molecule has 55 valence electrons. The molecule has 1 rings (SSSR count). The maximum absolute atomic E-state index is 3.87. The van der Waals surface area contributed by atoms with Crippen LogP contribution >= 0.6 is 0 Å². The van der Waals surface area contributed by atoms with Gasteiger partial charge in [0.05, 0.1) is 5.69 Å². The number of hydrogen-bond donors (Lipinski definition) is 1. The summed E-state index contributed by atoms with van der Waals surface area (Å²) >= 11 is 0. The lowest BCUT2D eigenvalue weighted by atomic mass is 10.1. The normalized spacial score (nSPS) is 10.7. The van der Waals surface area contributed by atoms with Crippen molar-refractivity contribution in [2.75, 3.05) is 0 Å². The van der Waals surface area contributed by atoms with Crippen LogP contribution in [0.25, 0.3) is 0 Å². The minimum Gasteiger partial charge on any atom is -0.265 e. The van der Waals surface area contributed by atoms with Crippen LogP contribution in [0, 0.1) is 5.92 Å². The molecule has 0 aliphatic heterocycles. The van der Waals surface area contributed by atoms with E-state index in [9.17, 15) is 0 Å². The summed E-state index contributed by atoms with van der Waals surface area (Å²) in [5, 5.41) is 10.2. The van der Waals surface area contributed by atoms with Gasteiger partial charge in [-0.1, -0.05) is 19.1 Å². The van der Waals surface area contributed by atoms with Gasteiger partial charge in [0.25, 0.3) is 0 Å². The summed E-state index contributed by atoms with van der Waals surface area (Å²) in [6.07, 6.45) is 3.94. The monoisotopic (exact) mass is 138 g/mol. The molecule has 0 aliphatic rings. The van der Waals surface area contributed by atoms with Crippen LogP contribution in [0.15, 0.2) is 6.20 Å². The molecule has 0 atom stereocenters. The molecular formula is C7H12N3. The second-order valence-electron chi connectivity index (χ2n) is 2.67. The van der Waals surface area contributed by atoms with Gasteiger partial charge < -0.3 is 0 Å². The van der Waals surface area contributed by atoms with Crippen molar-refractivity contribution in [3.63, 3.8) is 0 Å². The molecule has 3 heteroatoms. The third-order valence-electron chi connectivity index (χ3n) is 1.35. The van der Waals surface area contributed by atoms with E-state index in [0.29, 0.717) is 0 Å². The molecule has 0 bridgehead atoms. The van der Waals surface area contributed by atoms with E-state index in [0.717, 1.165) is 18.5 Å². The molecule has 0 saturated heterocycles. The van der Waals surface area contributed by atoms with Crippen LogP contribution in [-0.4, -0.2) is 15.4 Å². The fourth-order valence-electron chi connectivity index (χ4n) is 0.726. The Hall–Kier alpha value is -0.860. The van der Waals surface area contributed by atoms with Crippen LogP contribution < -0.4 is 0 Å². The van der Waals surface area contributed by atoms with Crippen molar-refractivity contribution in [1.29, 1.82) is 0 Å². The molecule has 0 aliphatic carbocycles. The van der Waals surface area contributed by atoms with Crippen LogP contribution in [0.5, 0.6) is 0 Å². The van der Waals surface area contributed by atoms with E-state index < -0.39 is 0 Å². The summed E-state index contributed by atoms with van der Waals surface area (Å²) in [4.78, 5) is 0. The van der Waals surface area contributed by atoms with Gasteiger partial charge in [0, 0.05) is 6.20 Å². The van der Waals surface area contributed by atoms with Crippen molar-refractivity contribution >= 4 is 0 Å². The van der Waals surface area contributed by atoms with Crippen molar-refractivity contribution < 1.29 is 0 Å². The Labute approximate surface area is 60.8 Å². The molecule has 10 heavy (non-hydrogen) atoms. The number of nitrogens with zero attached hydrogens (tertiary/aromatic N) is 2. The van der Waals surface area contributed by atoms with Gasteiger partial charge in [-0.2, -0.15) is 0 Å². The van der Waals surface area contributed by atoms with Gasteiger partial charge in [-0.3, -0.25) is 5.10 Å². The Balaban J connectivity index is 2.28. The zero-order valence-electron chi connectivity index (χ0n) is 6.39. The number of aryl methyl sites for hydroxylation is 1. The van der Waals surface area contributed by atoms with Gasteiger partial charge in [0.15, 0.2) is 0 Å². The molecule has 0 spiro atoms. The van der Waals surface area contributed by atoms with Crippen molar-refractivity contribution in [2.24, 2.45) is 0 Å². The summed E-state index contributed by atoms with van der Waals surface area (Å²) < 4.78 is 0. The standard InChI is InChI=1S/C7H12N3/c1-6(2)3-4-7-5-8-10-9-7/h5H,3-4H2,1-2H3,(H,8,9,10). The lowest BCUT2D eigenvalue weighted by Gasteiger charge is -1.98. The Morgan fingerprint density at radius 2 is 2.40 bits per heavy atom. The Morgan fingerprint density at radius 1 is 1.60 bits per heavy atom. The number of nitrogens with one attached hydrogen (secondary N) is 1. The molecule has 0 unspecified atom stereocenters. The molecule has 3 nitrogen and oxygen atoms in total. The highest BCUT2D eigenvalue weighted by molar-refractivity contribution is 4.93. The van der Waals surface area contributed by atoms with E-state index in [2.05, 4.69) is 29.3 Å². The van der Waals surface area contributed by atoms with Gasteiger partial charge >= 0.3 is 0 Å². The third-order valence-corrected chi connectivity index (χ3v) is 1.35. The molecule has 0 amide bonds. The molecule has 0 saturated carbocycles. The Morgan fingerprint density at radius 3 is 2.90 bits per heavy atom. The zero-order valence-corrected chi connectivity index (χ0v) is 6.39. The highest BCUT2D eigenvalue weighted by atomic mass is 15.3. The number of hydrogen-bond acceptors (Lipinski definition) is 2. The fraction of sp³-hybridized carbons (Fsp3) is 0.571. The summed E-state index contributed by atoms with van der Waals surface area (Å²) in [6.45, 7) is 4.25. The Kier molecular flexibility index (Phi) is 2.42. The largest absolute Gasteiger partial charge is 0.265 e. The average Bonchev–Trinajstić information content (AvgIpc) is 2.34. The average molecular weight is 138 g/mol. The van der Waals surface area contributed by atoms with Gasteiger partial charge in [-0.05, 0) is 18.8 Å². The molecule has 1 aromatic rings. The van der Waals surface area contributed by atoms with Crippen LogP contribution in [0.2, 0.25) is 0 Å². The highest BCUT2D eigenvalue weighted by Gasteiger charge is 1.97. The van der Waals surface area contributed by atoms with E-state index in [1.165, 1.54) is 5.92 Å². The van der Waals surface area contributed by atoms with Crippen molar-refractivity contribution in [2.45, 2.75) is 26.7 Å². The quantitative estimate of drug-likeness (QED) is 0.685. The first kappa shape index (κ1) is 7.25. The highest BCUT2D eigenvalue weighted by Crippen LogP contribution is 2.06. The van der Waals surface area contributed by atoms with Crippen LogP contribution in [-0.2, 0) is 6.42 Å². The summed E-state index contributed by atoms with van der Waals surface area (Å²) in [5.74, 6) is 1.43. The fourth-order valence-corrected chi connectivity index (χ4v) is 0.726. The van der Waals surface area contributed by atoms with Crippen molar-refractivity contribution in [1.82, 2.24) is 15.4 Å². The number of aromatic nitrogens is 3. The van der Waals surface area contributed by atoms with E-state index in [-0.39, 0.29) is 0 Å². The first-order chi connectivity index (χ1) is 4.79. The maximum atomic E-state index is 3.87. The second-order valence-corrected chi connectivity index (χ2v) is 2.67. The molecule has 1 radical (unpaired) electrons. The van der Waals surface area contributed by atoms with E-state index in [4.69, 9.17) is 0 Å². The second kappa shape index (κ2) is 3.34. The summed E-state index contributed by atoms with van der Waals surface area (Å²) in [6, 6.07) is 0. The van der Waals surface area contributed by atoms with Gasteiger partial charge in [-0.15, -0.1) is 5.10 Å². The summed E-state index contributed by atoms with van der Waals surface area (Å²) in [7, 11) is 0. The van der Waals surface area contributed by atoms with Gasteiger partial charge in [0.1, 0.15) is 0 Å². The predicted octanol–water partition coefficient (Wildman–Crippen LogP) is 1.35. The summed E-state index contributed by atoms with van der Waals surface area (Å²) in [5.41, 5.74) is 1.04. The molecule has 0 fully saturated rings. The van der Waals surface area contributed by atoms with E-state index in [1.807, 2.05) is 6.20 Å². The van der Waals surface area contributed by atoms with Crippen molar-refractivity contribution in [3.05, 3.63) is 17.8 Å². The minimum absolute atomic E-state index is 0.999. The lowest BCUT2D eigenvalue weighted by molar-refractivity contribution is 0.800. The van der Waals surface area contributed by atoms with Gasteiger partial charge in [-0.25, -0.2) is 0 Å². The predicted molar refractivity (Wildman–Crippen MR) is 39.3 cm³/mol. The molecule has 1 aromatic heterocycles. The topological polar surface area (TPSA) is 41.6 Å². The first-order valence-electron chi connectivity index (χ1n) is 3.43. The van der Waals surface area contributed by atoms with E-state index >= 15 is 0 Å². The molecular weight excluding hydrogens is 126 g/mol. The third kappa shape index (κ3) is 2.17. The van der Waals surface area contributed by atoms with Crippen LogP contribution in [0.3, 0.4) is 0 Å². The van der Waals surface area contributed by atoms with E-state index in [1.54, 1.807) is 0 Å². The molecule has 0 aromatic carbocycles. The van der Waals surface area contributed by atoms with Crippen LogP contribution in [0.4, 0.5) is 0 Å². The molecule has 1 N–H and O–H groups in total. The lowest BCUT2D eigenvalue weighted by Crippen LogP contribution is -1.90. The number of rotatable bonds is 3. The Bertz CT molecular complexity index is 167. The van der Waals surface area contributed by atoms with Gasteiger partial charge in [0.2, 0.25) is 0 Å². The SMILES string of the molecule is C[C](C)CCc1c[nH]nn1. The van der Waals surface area contributed by atoms with Crippen LogP contribution in [0.1, 0.15) is 26.0 Å². The first-order valence-corrected chi connectivity index (χ1v) is 3.43. The molecule has 1 heterocycles. The number of aromatic amines is 1.